The fourth-order valence-electron chi connectivity index (χ4n) is 3.81. The van der Waals surface area contributed by atoms with E-state index >= 15 is 0 Å². The smallest absolute Gasteiger partial charge is 0.305 e. The summed E-state index contributed by atoms with van der Waals surface area (Å²) in [5, 5.41) is 4.10. The highest BCUT2D eigenvalue weighted by molar-refractivity contribution is 6.05. The molecule has 0 radical (unpaired) electrons. The first-order valence-electron chi connectivity index (χ1n) is 11.1. The van der Waals surface area contributed by atoms with Crippen LogP contribution in [0.5, 0.6) is 5.75 Å². The lowest BCUT2D eigenvalue weighted by molar-refractivity contribution is -0.140. The van der Waals surface area contributed by atoms with Crippen LogP contribution in [0.25, 0.3) is 33.6 Å². The molecule has 0 saturated heterocycles. The Morgan fingerprint density at radius 2 is 1.85 bits per heavy atom. The molecule has 0 amide bonds. The number of halogens is 1. The molecule has 1 N–H and O–H groups in total. The monoisotopic (exact) mass is 463 g/mol. The van der Waals surface area contributed by atoms with Crippen LogP contribution in [0.3, 0.4) is 0 Å². The van der Waals surface area contributed by atoms with Crippen LogP contribution in [0.1, 0.15) is 25.7 Å². The van der Waals surface area contributed by atoms with Crippen molar-refractivity contribution in [3.8, 4) is 28.2 Å². The number of nitrogens with zero attached hydrogens (tertiary/aromatic N) is 2. The first kappa shape index (κ1) is 23.2. The Kier molecular flexibility index (Phi) is 7.37. The van der Waals surface area contributed by atoms with E-state index in [4.69, 9.17) is 9.15 Å². The molecular weight excluding hydrogens is 437 g/mol. The summed E-state index contributed by atoms with van der Waals surface area (Å²) >= 11 is 0. The van der Waals surface area contributed by atoms with Gasteiger partial charge in [0.25, 0.3) is 0 Å². The number of aromatic nitrogens is 2. The molecule has 4 aromatic rings. The average molecular weight is 464 g/mol. The molecule has 0 aliphatic carbocycles. The van der Waals surface area contributed by atoms with Crippen LogP contribution in [0, 0.1) is 5.82 Å². The lowest BCUT2D eigenvalue weighted by Crippen LogP contribution is -2.05. The Hall–Kier alpha value is -3.94. The number of methoxy groups -OCH3 is 2. The van der Waals surface area contributed by atoms with Gasteiger partial charge in [-0.05, 0) is 42.7 Å². The van der Waals surface area contributed by atoms with Gasteiger partial charge >= 0.3 is 5.97 Å². The van der Waals surface area contributed by atoms with Gasteiger partial charge in [0, 0.05) is 24.1 Å². The van der Waals surface area contributed by atoms with Gasteiger partial charge in [0.15, 0.2) is 0 Å². The molecule has 0 aliphatic heterocycles. The topological polar surface area (TPSA) is 86.5 Å². The zero-order valence-electron chi connectivity index (χ0n) is 19.1. The largest absolute Gasteiger partial charge is 0.497 e. The maximum atomic E-state index is 14.0. The zero-order chi connectivity index (χ0) is 23.9. The molecule has 176 valence electrons. The summed E-state index contributed by atoms with van der Waals surface area (Å²) in [6.07, 6.45) is 4.35. The number of esters is 1. The highest BCUT2D eigenvalue weighted by Gasteiger charge is 2.22. The van der Waals surface area contributed by atoms with Crippen molar-refractivity contribution in [2.24, 2.45) is 0 Å². The van der Waals surface area contributed by atoms with Gasteiger partial charge in [0.05, 0.1) is 19.6 Å². The number of carbonyl (C=O) groups excluding carboxylic acids is 1. The van der Waals surface area contributed by atoms with Crippen molar-refractivity contribution >= 4 is 22.9 Å². The zero-order valence-corrected chi connectivity index (χ0v) is 19.1. The van der Waals surface area contributed by atoms with Crippen LogP contribution < -0.4 is 10.1 Å². The lowest BCUT2D eigenvalue weighted by atomic mass is 9.99. The summed E-state index contributed by atoms with van der Waals surface area (Å²) in [6.45, 7) is 0.663. The number of unbranched alkanes of at least 4 members (excludes halogenated alkanes) is 2. The number of hydrogen-bond donors (Lipinski definition) is 1. The van der Waals surface area contributed by atoms with E-state index in [1.807, 2.05) is 24.3 Å². The van der Waals surface area contributed by atoms with Crippen LogP contribution in [0.4, 0.5) is 10.2 Å². The summed E-state index contributed by atoms with van der Waals surface area (Å²) in [6, 6.07) is 13.9. The second kappa shape index (κ2) is 10.8. The van der Waals surface area contributed by atoms with E-state index in [1.54, 1.807) is 19.2 Å². The number of nitrogens with one attached hydrogen (secondary N) is 1. The molecule has 0 bridgehead atoms. The van der Waals surface area contributed by atoms with Crippen LogP contribution >= 0.6 is 0 Å². The summed E-state index contributed by atoms with van der Waals surface area (Å²) in [5.41, 5.74) is 2.66. The predicted molar refractivity (Wildman–Crippen MR) is 128 cm³/mol. The Balaban J connectivity index is 1.68. The second-order valence-electron chi connectivity index (χ2n) is 7.76. The highest BCUT2D eigenvalue weighted by atomic mass is 19.1. The molecule has 8 heteroatoms. The van der Waals surface area contributed by atoms with E-state index in [1.165, 1.54) is 25.6 Å². The van der Waals surface area contributed by atoms with Crippen molar-refractivity contribution in [2.45, 2.75) is 25.7 Å². The van der Waals surface area contributed by atoms with Crippen LogP contribution in [0.2, 0.25) is 0 Å². The fourth-order valence-corrected chi connectivity index (χ4v) is 3.81. The van der Waals surface area contributed by atoms with E-state index in [9.17, 15) is 9.18 Å². The second-order valence-corrected chi connectivity index (χ2v) is 7.76. The molecule has 34 heavy (non-hydrogen) atoms. The molecule has 0 spiro atoms. The van der Waals surface area contributed by atoms with E-state index in [-0.39, 0.29) is 11.8 Å². The van der Waals surface area contributed by atoms with Gasteiger partial charge in [-0.1, -0.05) is 30.7 Å². The van der Waals surface area contributed by atoms with Gasteiger partial charge < -0.3 is 19.2 Å². The summed E-state index contributed by atoms with van der Waals surface area (Å²) in [4.78, 5) is 20.1. The van der Waals surface area contributed by atoms with Gasteiger partial charge in [-0.15, -0.1) is 0 Å². The molecular formula is C26H26FN3O4. The van der Waals surface area contributed by atoms with E-state index in [0.29, 0.717) is 35.8 Å². The van der Waals surface area contributed by atoms with Crippen molar-refractivity contribution in [1.82, 2.24) is 9.97 Å². The third-order valence-corrected chi connectivity index (χ3v) is 5.53. The van der Waals surface area contributed by atoms with Crippen molar-refractivity contribution in [2.75, 3.05) is 26.1 Å². The number of furan rings is 1. The minimum Gasteiger partial charge on any atom is -0.497 e. The number of ether oxygens (including phenoxy) is 2. The molecule has 2 heterocycles. The standard InChI is InChI=1S/C26H26FN3O4/c1-32-20-12-10-17(11-13-20)22-23-25(28-14-5-3-4-9-21(31)33-2)29-16-30-26(23)34-24(22)18-7-6-8-19(27)15-18/h6-8,10-13,15-16H,3-5,9,14H2,1-2H3,(H,28,29,30). The van der Waals surface area contributed by atoms with Crippen molar-refractivity contribution in [3.05, 3.63) is 60.7 Å². The third-order valence-electron chi connectivity index (χ3n) is 5.53. The van der Waals surface area contributed by atoms with Gasteiger partial charge in [-0.2, -0.15) is 0 Å². The fraction of sp³-hybridized carbons (Fsp3) is 0.269. The maximum Gasteiger partial charge on any atom is 0.305 e. The minimum absolute atomic E-state index is 0.196. The maximum absolute atomic E-state index is 14.0. The van der Waals surface area contributed by atoms with E-state index < -0.39 is 0 Å². The SMILES string of the molecule is COC(=O)CCCCCNc1ncnc2oc(-c3cccc(F)c3)c(-c3ccc(OC)cc3)c12. The molecule has 4 rings (SSSR count). The quantitative estimate of drug-likeness (QED) is 0.233. The van der Waals surface area contributed by atoms with E-state index in [2.05, 4.69) is 20.0 Å². The first-order chi connectivity index (χ1) is 16.6. The lowest BCUT2D eigenvalue weighted by Gasteiger charge is -2.09. The molecule has 0 fully saturated rings. The predicted octanol–water partition coefficient (Wildman–Crippen LogP) is 5.85. The molecule has 0 atom stereocenters. The highest BCUT2D eigenvalue weighted by Crippen LogP contribution is 2.43. The van der Waals surface area contributed by atoms with E-state index in [0.717, 1.165) is 41.5 Å². The van der Waals surface area contributed by atoms with Crippen LogP contribution in [-0.2, 0) is 9.53 Å². The summed E-state index contributed by atoms with van der Waals surface area (Å²) in [5.74, 6) is 1.33. The Morgan fingerprint density at radius 3 is 2.59 bits per heavy atom. The molecule has 0 aliphatic rings. The first-order valence-corrected chi connectivity index (χ1v) is 11.1. The average Bonchev–Trinajstić information content (AvgIpc) is 3.26. The molecule has 2 aromatic heterocycles. The van der Waals surface area contributed by atoms with Crippen molar-refractivity contribution in [3.63, 3.8) is 0 Å². The van der Waals surface area contributed by atoms with Crippen LogP contribution in [-0.4, -0.2) is 36.7 Å². The third kappa shape index (κ3) is 5.17. The summed E-state index contributed by atoms with van der Waals surface area (Å²) in [7, 11) is 3.01. The Labute approximate surface area is 196 Å². The molecule has 7 nitrogen and oxygen atoms in total. The normalized spacial score (nSPS) is 10.9. The molecule has 0 saturated carbocycles. The van der Waals surface area contributed by atoms with Gasteiger partial charge in [-0.25, -0.2) is 14.4 Å². The van der Waals surface area contributed by atoms with Crippen molar-refractivity contribution in [1.29, 1.82) is 0 Å². The van der Waals surface area contributed by atoms with Gasteiger partial charge in [-0.3, -0.25) is 4.79 Å². The number of anilines is 1. The number of hydrogen-bond acceptors (Lipinski definition) is 7. The Morgan fingerprint density at radius 1 is 1.03 bits per heavy atom. The molecule has 0 unspecified atom stereocenters. The van der Waals surface area contributed by atoms with Gasteiger partial charge in [0.1, 0.15) is 29.5 Å². The minimum atomic E-state index is -0.352. The van der Waals surface area contributed by atoms with Crippen LogP contribution in [0.15, 0.2) is 59.3 Å². The number of rotatable bonds is 10. The van der Waals surface area contributed by atoms with Gasteiger partial charge in [0.2, 0.25) is 5.71 Å². The Bertz CT molecular complexity index is 1270. The number of benzene rings is 2. The summed E-state index contributed by atoms with van der Waals surface area (Å²) < 4.78 is 30.1. The van der Waals surface area contributed by atoms with Crippen molar-refractivity contribution < 1.29 is 23.1 Å². The number of carbonyl (C=O) groups is 1. The molecule has 2 aromatic carbocycles. The number of fused-ring (bicyclic) bond motifs is 1.